The summed E-state index contributed by atoms with van der Waals surface area (Å²) in [7, 11) is 0. The molecule has 0 saturated carbocycles. The average Bonchev–Trinajstić information content (AvgIpc) is 2.37. The Morgan fingerprint density at radius 2 is 2.15 bits per heavy atom. The Morgan fingerprint density at radius 1 is 1.30 bits per heavy atom. The van der Waals surface area contributed by atoms with E-state index >= 15 is 0 Å². The van der Waals surface area contributed by atoms with E-state index < -0.39 is 0 Å². The van der Waals surface area contributed by atoms with Crippen LogP contribution >= 0.6 is 27.7 Å². The molecule has 20 heavy (non-hydrogen) atoms. The van der Waals surface area contributed by atoms with Crippen molar-refractivity contribution in [3.05, 3.63) is 51.1 Å². The first kappa shape index (κ1) is 13.3. The van der Waals surface area contributed by atoms with Gasteiger partial charge in [0, 0.05) is 33.5 Å². The zero-order valence-corrected chi connectivity index (χ0v) is 12.8. The van der Waals surface area contributed by atoms with Gasteiger partial charge in [0.15, 0.2) is 5.16 Å². The van der Waals surface area contributed by atoms with Gasteiger partial charge in [0.05, 0.1) is 5.52 Å². The van der Waals surface area contributed by atoms with Crippen molar-refractivity contribution < 1.29 is 0 Å². The minimum Gasteiger partial charge on any atom is -0.301 e. The fourth-order valence-corrected chi connectivity index (χ4v) is 3.02. The standard InChI is InChI=1S/C13H9BrN4OS/c1-7-4-11(19)18-13(17-7)20-10-2-3-15-9-5-8(14)6-16-12(9)10/h2-6H,1H3,(H,17,18,19). The molecule has 0 aliphatic heterocycles. The molecule has 3 aromatic heterocycles. The molecular weight excluding hydrogens is 340 g/mol. The third-order valence-electron chi connectivity index (χ3n) is 2.56. The summed E-state index contributed by atoms with van der Waals surface area (Å²) in [6, 6.07) is 5.22. The maximum absolute atomic E-state index is 11.5. The largest absolute Gasteiger partial charge is 0.301 e. The molecule has 0 aliphatic carbocycles. The predicted molar refractivity (Wildman–Crippen MR) is 81.0 cm³/mol. The number of aromatic nitrogens is 4. The van der Waals surface area contributed by atoms with Crippen molar-refractivity contribution >= 4 is 38.7 Å². The van der Waals surface area contributed by atoms with Crippen molar-refractivity contribution in [2.75, 3.05) is 0 Å². The second-order valence-electron chi connectivity index (χ2n) is 4.12. The number of halogens is 1. The first-order valence-corrected chi connectivity index (χ1v) is 7.39. The van der Waals surface area contributed by atoms with Gasteiger partial charge in [-0.05, 0) is 46.7 Å². The molecule has 0 fully saturated rings. The maximum atomic E-state index is 11.5. The summed E-state index contributed by atoms with van der Waals surface area (Å²) < 4.78 is 0.877. The molecule has 3 aromatic rings. The molecule has 100 valence electrons. The highest BCUT2D eigenvalue weighted by atomic mass is 79.9. The molecule has 0 amide bonds. The lowest BCUT2D eigenvalue weighted by Gasteiger charge is -2.05. The van der Waals surface area contributed by atoms with Crippen LogP contribution in [0.3, 0.4) is 0 Å². The average molecular weight is 349 g/mol. The first-order chi connectivity index (χ1) is 9.61. The first-order valence-electron chi connectivity index (χ1n) is 5.78. The number of nitrogens with one attached hydrogen (secondary N) is 1. The lowest BCUT2D eigenvalue weighted by Crippen LogP contribution is -2.07. The quantitative estimate of drug-likeness (QED) is 0.721. The highest BCUT2D eigenvalue weighted by Gasteiger charge is 2.08. The van der Waals surface area contributed by atoms with Gasteiger partial charge in [-0.15, -0.1) is 0 Å². The molecule has 0 aliphatic rings. The molecule has 3 rings (SSSR count). The Hall–Kier alpha value is -1.73. The van der Waals surface area contributed by atoms with Gasteiger partial charge in [-0.2, -0.15) is 0 Å². The number of hydrogen-bond donors (Lipinski definition) is 1. The van der Waals surface area contributed by atoms with Crippen LogP contribution < -0.4 is 5.56 Å². The molecule has 3 heterocycles. The summed E-state index contributed by atoms with van der Waals surface area (Å²) in [5.41, 5.74) is 2.10. The third kappa shape index (κ3) is 2.73. The lowest BCUT2D eigenvalue weighted by molar-refractivity contribution is 0.905. The summed E-state index contributed by atoms with van der Waals surface area (Å²) in [6.45, 7) is 1.79. The van der Waals surface area contributed by atoms with Gasteiger partial charge in [0.2, 0.25) is 0 Å². The number of nitrogens with zero attached hydrogens (tertiary/aromatic N) is 3. The van der Waals surface area contributed by atoms with Crippen molar-refractivity contribution in [2.45, 2.75) is 17.0 Å². The molecule has 0 spiro atoms. The molecule has 5 nitrogen and oxygen atoms in total. The fourth-order valence-electron chi connectivity index (χ4n) is 1.77. The number of pyridine rings is 2. The van der Waals surface area contributed by atoms with Gasteiger partial charge in [-0.1, -0.05) is 0 Å². The molecule has 0 aromatic carbocycles. The Morgan fingerprint density at radius 3 is 2.95 bits per heavy atom. The van der Waals surface area contributed by atoms with Crippen molar-refractivity contribution in [1.82, 2.24) is 19.9 Å². The van der Waals surface area contributed by atoms with Crippen LogP contribution in [0.2, 0.25) is 0 Å². The van der Waals surface area contributed by atoms with E-state index in [1.807, 2.05) is 12.1 Å². The van der Waals surface area contributed by atoms with E-state index in [0.29, 0.717) is 10.9 Å². The van der Waals surface area contributed by atoms with Crippen LogP contribution in [0.15, 0.2) is 49.9 Å². The van der Waals surface area contributed by atoms with E-state index in [0.717, 1.165) is 20.4 Å². The van der Waals surface area contributed by atoms with Gasteiger partial charge < -0.3 is 4.98 Å². The highest BCUT2D eigenvalue weighted by molar-refractivity contribution is 9.10. The summed E-state index contributed by atoms with van der Waals surface area (Å²) in [5.74, 6) is 0. The Kier molecular flexibility index (Phi) is 3.54. The minimum absolute atomic E-state index is 0.158. The van der Waals surface area contributed by atoms with Crippen LogP contribution in [0.25, 0.3) is 11.0 Å². The molecule has 0 saturated heterocycles. The Balaban J connectivity index is 2.08. The van der Waals surface area contributed by atoms with E-state index in [2.05, 4.69) is 35.9 Å². The molecular formula is C13H9BrN4OS. The van der Waals surface area contributed by atoms with Gasteiger partial charge in [-0.3, -0.25) is 14.8 Å². The number of aryl methyl sites for hydroxylation is 1. The van der Waals surface area contributed by atoms with Crippen molar-refractivity contribution in [3.63, 3.8) is 0 Å². The van der Waals surface area contributed by atoms with Crippen LogP contribution in [-0.2, 0) is 0 Å². The number of aromatic amines is 1. The van der Waals surface area contributed by atoms with E-state index in [4.69, 9.17) is 0 Å². The third-order valence-corrected chi connectivity index (χ3v) is 3.93. The fraction of sp³-hybridized carbons (Fsp3) is 0.0769. The normalized spacial score (nSPS) is 10.9. The number of hydrogen-bond acceptors (Lipinski definition) is 5. The van der Waals surface area contributed by atoms with E-state index in [1.54, 1.807) is 19.3 Å². The minimum atomic E-state index is -0.158. The van der Waals surface area contributed by atoms with Crippen LogP contribution in [0, 0.1) is 6.92 Å². The Bertz CT molecular complexity index is 849. The highest BCUT2D eigenvalue weighted by Crippen LogP contribution is 2.29. The zero-order valence-electron chi connectivity index (χ0n) is 10.4. The van der Waals surface area contributed by atoms with Crippen LogP contribution in [0.4, 0.5) is 0 Å². The number of fused-ring (bicyclic) bond motifs is 1. The van der Waals surface area contributed by atoms with Crippen molar-refractivity contribution in [2.24, 2.45) is 0 Å². The van der Waals surface area contributed by atoms with Gasteiger partial charge in [-0.25, -0.2) is 4.98 Å². The maximum Gasteiger partial charge on any atom is 0.251 e. The SMILES string of the molecule is Cc1cc(=O)[nH]c(Sc2ccnc3cc(Br)cnc23)n1. The number of rotatable bonds is 2. The van der Waals surface area contributed by atoms with E-state index in [9.17, 15) is 4.79 Å². The van der Waals surface area contributed by atoms with Gasteiger partial charge >= 0.3 is 0 Å². The lowest BCUT2D eigenvalue weighted by atomic mass is 10.3. The summed E-state index contributed by atoms with van der Waals surface area (Å²) in [6.07, 6.45) is 3.44. The van der Waals surface area contributed by atoms with Crippen LogP contribution in [0.5, 0.6) is 0 Å². The second kappa shape index (κ2) is 5.34. The Labute approximate surface area is 127 Å². The van der Waals surface area contributed by atoms with Crippen molar-refractivity contribution in [3.8, 4) is 0 Å². The van der Waals surface area contributed by atoms with Crippen LogP contribution in [-0.4, -0.2) is 19.9 Å². The smallest absolute Gasteiger partial charge is 0.251 e. The van der Waals surface area contributed by atoms with Crippen molar-refractivity contribution in [1.29, 1.82) is 0 Å². The molecule has 1 N–H and O–H groups in total. The monoisotopic (exact) mass is 348 g/mol. The van der Waals surface area contributed by atoms with Crippen LogP contribution in [0.1, 0.15) is 5.69 Å². The zero-order chi connectivity index (χ0) is 14.1. The molecule has 7 heteroatoms. The molecule has 0 unspecified atom stereocenters. The topological polar surface area (TPSA) is 71.5 Å². The predicted octanol–water partition coefficient (Wildman–Crippen LogP) is 2.94. The van der Waals surface area contributed by atoms with E-state index in [-0.39, 0.29) is 5.56 Å². The molecule has 0 radical (unpaired) electrons. The van der Waals surface area contributed by atoms with Gasteiger partial charge in [0.1, 0.15) is 5.52 Å². The molecule has 0 atom stereocenters. The summed E-state index contributed by atoms with van der Waals surface area (Å²) in [4.78, 5) is 28.0. The number of H-pyrrole nitrogens is 1. The van der Waals surface area contributed by atoms with Gasteiger partial charge in [0.25, 0.3) is 5.56 Å². The second-order valence-corrected chi connectivity index (χ2v) is 6.07. The van der Waals surface area contributed by atoms with E-state index in [1.165, 1.54) is 17.8 Å². The summed E-state index contributed by atoms with van der Waals surface area (Å²) in [5, 5.41) is 0.548. The summed E-state index contributed by atoms with van der Waals surface area (Å²) >= 11 is 4.74. The molecule has 0 bridgehead atoms.